The fourth-order valence-corrected chi connectivity index (χ4v) is 1.94. The highest BCUT2D eigenvalue weighted by Crippen LogP contribution is 2.32. The standard InChI is InChI=1S/C16H14O5/c1-10(17)21-13-6-3-11(4-7-13)14-9-12(16(18)19)5-8-15(14)20-2/h3-9H,1-2H3,(H,18,19). The second-order valence-electron chi connectivity index (χ2n) is 4.34. The smallest absolute Gasteiger partial charge is 0.335 e. The van der Waals surface area contributed by atoms with Crippen LogP contribution in [0.3, 0.4) is 0 Å². The van der Waals surface area contributed by atoms with Crippen LogP contribution in [0.1, 0.15) is 17.3 Å². The van der Waals surface area contributed by atoms with Crippen molar-refractivity contribution in [3.8, 4) is 22.6 Å². The van der Waals surface area contributed by atoms with Crippen molar-refractivity contribution in [1.29, 1.82) is 0 Å². The lowest BCUT2D eigenvalue weighted by atomic mass is 10.0. The van der Waals surface area contributed by atoms with Gasteiger partial charge in [0.1, 0.15) is 11.5 Å². The van der Waals surface area contributed by atoms with Crippen molar-refractivity contribution in [3.05, 3.63) is 48.0 Å². The van der Waals surface area contributed by atoms with Crippen LogP contribution in [0.25, 0.3) is 11.1 Å². The van der Waals surface area contributed by atoms with Gasteiger partial charge >= 0.3 is 11.9 Å². The van der Waals surface area contributed by atoms with Crippen LogP contribution in [0, 0.1) is 0 Å². The van der Waals surface area contributed by atoms with Crippen LogP contribution in [0.15, 0.2) is 42.5 Å². The van der Waals surface area contributed by atoms with Gasteiger partial charge in [0.2, 0.25) is 0 Å². The molecule has 2 aromatic carbocycles. The first-order chi connectivity index (χ1) is 10.0. The van der Waals surface area contributed by atoms with Crippen molar-refractivity contribution >= 4 is 11.9 Å². The van der Waals surface area contributed by atoms with Crippen LogP contribution >= 0.6 is 0 Å². The number of aromatic carboxylic acids is 1. The molecule has 21 heavy (non-hydrogen) atoms. The molecule has 0 saturated carbocycles. The molecule has 0 atom stereocenters. The molecule has 0 saturated heterocycles. The third-order valence-corrected chi connectivity index (χ3v) is 2.87. The van der Waals surface area contributed by atoms with Crippen LogP contribution in [-0.2, 0) is 4.79 Å². The molecular weight excluding hydrogens is 272 g/mol. The molecule has 0 bridgehead atoms. The molecule has 1 N–H and O–H groups in total. The lowest BCUT2D eigenvalue weighted by Gasteiger charge is -2.10. The van der Waals surface area contributed by atoms with Gasteiger partial charge in [-0.3, -0.25) is 4.79 Å². The highest BCUT2D eigenvalue weighted by Gasteiger charge is 2.11. The Labute approximate surface area is 121 Å². The van der Waals surface area contributed by atoms with Gasteiger partial charge in [0, 0.05) is 12.5 Å². The fourth-order valence-electron chi connectivity index (χ4n) is 1.94. The molecule has 0 aliphatic heterocycles. The van der Waals surface area contributed by atoms with E-state index in [0.717, 1.165) is 5.56 Å². The minimum absolute atomic E-state index is 0.176. The summed E-state index contributed by atoms with van der Waals surface area (Å²) >= 11 is 0. The van der Waals surface area contributed by atoms with E-state index in [9.17, 15) is 9.59 Å². The van der Waals surface area contributed by atoms with E-state index < -0.39 is 11.9 Å². The molecule has 0 unspecified atom stereocenters. The second-order valence-corrected chi connectivity index (χ2v) is 4.34. The Hall–Kier alpha value is -2.82. The average molecular weight is 286 g/mol. The van der Waals surface area contributed by atoms with Crippen molar-refractivity contribution < 1.29 is 24.2 Å². The summed E-state index contributed by atoms with van der Waals surface area (Å²) in [6.07, 6.45) is 0. The summed E-state index contributed by atoms with van der Waals surface area (Å²) in [4.78, 5) is 21.9. The van der Waals surface area contributed by atoms with E-state index in [1.54, 1.807) is 36.4 Å². The maximum atomic E-state index is 11.1. The summed E-state index contributed by atoms with van der Waals surface area (Å²) in [7, 11) is 1.52. The molecule has 0 heterocycles. The van der Waals surface area contributed by atoms with Gasteiger partial charge in [-0.05, 0) is 35.9 Å². The summed E-state index contributed by atoms with van der Waals surface area (Å²) in [6, 6.07) is 11.4. The molecule has 0 radical (unpaired) electrons. The SMILES string of the molecule is COc1ccc(C(=O)O)cc1-c1ccc(OC(C)=O)cc1. The third kappa shape index (κ3) is 3.39. The number of carbonyl (C=O) groups excluding carboxylic acids is 1. The number of carbonyl (C=O) groups is 2. The van der Waals surface area contributed by atoms with Gasteiger partial charge in [-0.25, -0.2) is 4.79 Å². The van der Waals surface area contributed by atoms with Gasteiger partial charge in [-0.2, -0.15) is 0 Å². The average Bonchev–Trinajstić information content (AvgIpc) is 2.46. The van der Waals surface area contributed by atoms with Crippen LogP contribution in [-0.4, -0.2) is 24.2 Å². The molecule has 0 aliphatic carbocycles. The Morgan fingerprint density at radius 2 is 1.71 bits per heavy atom. The molecule has 5 heteroatoms. The predicted octanol–water partition coefficient (Wildman–Crippen LogP) is 2.99. The zero-order chi connectivity index (χ0) is 15.4. The fraction of sp³-hybridized carbons (Fsp3) is 0.125. The van der Waals surface area contributed by atoms with Gasteiger partial charge < -0.3 is 14.6 Å². The molecule has 0 amide bonds. The number of esters is 1. The predicted molar refractivity (Wildman–Crippen MR) is 76.7 cm³/mol. The molecule has 0 aromatic heterocycles. The molecule has 0 aliphatic rings. The topological polar surface area (TPSA) is 72.8 Å². The van der Waals surface area contributed by atoms with Crippen molar-refractivity contribution in [3.63, 3.8) is 0 Å². The van der Waals surface area contributed by atoms with Gasteiger partial charge in [0.25, 0.3) is 0 Å². The first-order valence-corrected chi connectivity index (χ1v) is 6.21. The van der Waals surface area contributed by atoms with Crippen molar-refractivity contribution in [2.75, 3.05) is 7.11 Å². The number of ether oxygens (including phenoxy) is 2. The summed E-state index contributed by atoms with van der Waals surface area (Å²) < 4.78 is 10.2. The van der Waals surface area contributed by atoms with Crippen molar-refractivity contribution in [1.82, 2.24) is 0 Å². The van der Waals surface area contributed by atoms with Gasteiger partial charge in [0.05, 0.1) is 12.7 Å². The summed E-state index contributed by atoms with van der Waals surface area (Å²) in [5.41, 5.74) is 1.60. The summed E-state index contributed by atoms with van der Waals surface area (Å²) in [5, 5.41) is 9.06. The van der Waals surface area contributed by atoms with E-state index in [2.05, 4.69) is 0 Å². The highest BCUT2D eigenvalue weighted by atomic mass is 16.5. The molecule has 0 fully saturated rings. The normalized spacial score (nSPS) is 10.0. The Morgan fingerprint density at radius 3 is 2.24 bits per heavy atom. The number of hydrogen-bond acceptors (Lipinski definition) is 4. The Balaban J connectivity index is 2.42. The number of carboxylic acids is 1. The van der Waals surface area contributed by atoms with E-state index in [0.29, 0.717) is 17.1 Å². The first kappa shape index (κ1) is 14.6. The largest absolute Gasteiger partial charge is 0.496 e. The number of rotatable bonds is 4. The Bertz CT molecular complexity index is 674. The van der Waals surface area contributed by atoms with E-state index >= 15 is 0 Å². The third-order valence-electron chi connectivity index (χ3n) is 2.87. The Kier molecular flexibility index (Phi) is 4.23. The quantitative estimate of drug-likeness (QED) is 0.691. The van der Waals surface area contributed by atoms with Crippen molar-refractivity contribution in [2.24, 2.45) is 0 Å². The Morgan fingerprint density at radius 1 is 1.05 bits per heavy atom. The number of methoxy groups -OCH3 is 1. The van der Waals surface area contributed by atoms with Gasteiger partial charge in [-0.1, -0.05) is 12.1 Å². The minimum atomic E-state index is -1.00. The molecule has 5 nitrogen and oxygen atoms in total. The van der Waals surface area contributed by atoms with Crippen molar-refractivity contribution in [2.45, 2.75) is 6.92 Å². The molecule has 2 aromatic rings. The maximum absolute atomic E-state index is 11.1. The highest BCUT2D eigenvalue weighted by molar-refractivity contribution is 5.90. The van der Waals surface area contributed by atoms with E-state index in [4.69, 9.17) is 14.6 Å². The molecular formula is C16H14O5. The molecule has 108 valence electrons. The van der Waals surface area contributed by atoms with Crippen LogP contribution in [0.2, 0.25) is 0 Å². The van der Waals surface area contributed by atoms with Gasteiger partial charge in [-0.15, -0.1) is 0 Å². The molecule has 2 rings (SSSR count). The second kappa shape index (κ2) is 6.09. The van der Waals surface area contributed by atoms with E-state index in [1.807, 2.05) is 0 Å². The van der Waals surface area contributed by atoms with Gasteiger partial charge in [0.15, 0.2) is 0 Å². The number of hydrogen-bond donors (Lipinski definition) is 1. The number of benzene rings is 2. The lowest BCUT2D eigenvalue weighted by Crippen LogP contribution is -2.01. The number of carboxylic acid groups (broad SMARTS) is 1. The zero-order valence-corrected chi connectivity index (χ0v) is 11.6. The first-order valence-electron chi connectivity index (χ1n) is 6.21. The summed E-state index contributed by atoms with van der Waals surface area (Å²) in [5.74, 6) is -0.400. The lowest BCUT2D eigenvalue weighted by molar-refractivity contribution is -0.131. The van der Waals surface area contributed by atoms with Crippen LogP contribution in [0.4, 0.5) is 0 Å². The maximum Gasteiger partial charge on any atom is 0.335 e. The van der Waals surface area contributed by atoms with Crippen LogP contribution < -0.4 is 9.47 Å². The summed E-state index contributed by atoms with van der Waals surface area (Å²) in [6.45, 7) is 1.33. The van der Waals surface area contributed by atoms with Crippen LogP contribution in [0.5, 0.6) is 11.5 Å². The molecule has 0 spiro atoms. The van der Waals surface area contributed by atoms with E-state index in [-0.39, 0.29) is 5.56 Å². The monoisotopic (exact) mass is 286 g/mol. The zero-order valence-electron chi connectivity index (χ0n) is 11.6. The minimum Gasteiger partial charge on any atom is -0.496 e. The van der Waals surface area contributed by atoms with E-state index in [1.165, 1.54) is 20.1 Å².